The largest absolute Gasteiger partial charge is 0.431 e. The van der Waals surface area contributed by atoms with Gasteiger partial charge in [-0.15, -0.1) is 0 Å². The summed E-state index contributed by atoms with van der Waals surface area (Å²) in [6.45, 7) is 2.30. The van der Waals surface area contributed by atoms with Crippen LogP contribution in [0.5, 0.6) is 0 Å². The predicted molar refractivity (Wildman–Crippen MR) is 68.9 cm³/mol. The molecule has 0 saturated carbocycles. The number of anilines is 1. The number of oxazole rings is 1. The van der Waals surface area contributed by atoms with E-state index in [1.807, 2.05) is 6.07 Å². The molecule has 0 spiro atoms. The lowest BCUT2D eigenvalue weighted by atomic mass is 10.2. The summed E-state index contributed by atoms with van der Waals surface area (Å²) < 4.78 is 5.02. The number of rotatable bonds is 4. The minimum Gasteiger partial charge on any atom is -0.431 e. The molecule has 6 heteroatoms. The number of aromatic nitrogens is 1. The Labute approximate surface area is 109 Å². The second-order valence-corrected chi connectivity index (χ2v) is 3.72. The third-order valence-corrected chi connectivity index (χ3v) is 2.33. The number of nitrogens with zero attached hydrogens (tertiary/aromatic N) is 1. The van der Waals surface area contributed by atoms with Crippen molar-refractivity contribution in [2.75, 3.05) is 11.9 Å². The Morgan fingerprint density at radius 2 is 1.95 bits per heavy atom. The molecule has 0 aliphatic rings. The van der Waals surface area contributed by atoms with E-state index in [1.54, 1.807) is 31.2 Å². The standard InChI is InChI=1S/C13H13N3O3/c1-2-14-12(18)10-8-19-13(15-10)16-11(17)9-6-4-3-5-7-9/h3-8H,2H2,1H3,(H,14,18)(H,15,16,17). The number of hydrogen-bond donors (Lipinski definition) is 2. The maximum absolute atomic E-state index is 11.8. The summed E-state index contributed by atoms with van der Waals surface area (Å²) in [4.78, 5) is 27.2. The molecule has 1 heterocycles. The molecule has 6 nitrogen and oxygen atoms in total. The minimum absolute atomic E-state index is 0.00453. The molecular weight excluding hydrogens is 246 g/mol. The SMILES string of the molecule is CCNC(=O)c1coc(NC(=O)c2ccccc2)n1. The van der Waals surface area contributed by atoms with E-state index in [4.69, 9.17) is 4.42 Å². The van der Waals surface area contributed by atoms with Crippen molar-refractivity contribution in [1.82, 2.24) is 10.3 Å². The van der Waals surface area contributed by atoms with Gasteiger partial charge in [0.05, 0.1) is 0 Å². The van der Waals surface area contributed by atoms with Gasteiger partial charge in [0.25, 0.3) is 11.8 Å². The van der Waals surface area contributed by atoms with Gasteiger partial charge in [0.15, 0.2) is 5.69 Å². The topological polar surface area (TPSA) is 84.2 Å². The minimum atomic E-state index is -0.343. The van der Waals surface area contributed by atoms with Crippen LogP contribution in [-0.4, -0.2) is 23.3 Å². The van der Waals surface area contributed by atoms with Crippen LogP contribution < -0.4 is 10.6 Å². The number of carbonyl (C=O) groups is 2. The van der Waals surface area contributed by atoms with E-state index in [2.05, 4.69) is 15.6 Å². The Bertz CT molecular complexity index is 578. The number of nitrogens with one attached hydrogen (secondary N) is 2. The first-order valence-electron chi connectivity index (χ1n) is 5.81. The first-order valence-corrected chi connectivity index (χ1v) is 5.81. The molecule has 0 bridgehead atoms. The summed E-state index contributed by atoms with van der Waals surface area (Å²) in [5, 5.41) is 5.06. The van der Waals surface area contributed by atoms with E-state index >= 15 is 0 Å². The quantitative estimate of drug-likeness (QED) is 0.874. The van der Waals surface area contributed by atoms with Crippen molar-refractivity contribution in [2.45, 2.75) is 6.92 Å². The lowest BCUT2D eigenvalue weighted by molar-refractivity contribution is 0.0949. The summed E-state index contributed by atoms with van der Waals surface area (Å²) in [5.74, 6) is -0.684. The molecule has 0 fully saturated rings. The van der Waals surface area contributed by atoms with Gasteiger partial charge in [-0.1, -0.05) is 18.2 Å². The van der Waals surface area contributed by atoms with E-state index < -0.39 is 0 Å². The van der Waals surface area contributed by atoms with Crippen LogP contribution in [0.2, 0.25) is 0 Å². The van der Waals surface area contributed by atoms with Gasteiger partial charge in [0.2, 0.25) is 0 Å². The Hall–Kier alpha value is -2.63. The maximum atomic E-state index is 11.8. The fourth-order valence-electron chi connectivity index (χ4n) is 1.45. The fourth-order valence-corrected chi connectivity index (χ4v) is 1.45. The van der Waals surface area contributed by atoms with Crippen molar-refractivity contribution in [2.24, 2.45) is 0 Å². The number of benzene rings is 1. The third kappa shape index (κ3) is 3.19. The molecule has 19 heavy (non-hydrogen) atoms. The summed E-state index contributed by atoms with van der Waals surface area (Å²) in [5.41, 5.74) is 0.616. The Morgan fingerprint density at radius 3 is 2.63 bits per heavy atom. The van der Waals surface area contributed by atoms with Crippen LogP contribution in [0.4, 0.5) is 6.01 Å². The van der Waals surface area contributed by atoms with Crippen molar-refractivity contribution in [3.05, 3.63) is 47.9 Å². The highest BCUT2D eigenvalue weighted by Crippen LogP contribution is 2.09. The summed E-state index contributed by atoms with van der Waals surface area (Å²) in [7, 11) is 0. The molecular formula is C13H13N3O3. The molecule has 2 N–H and O–H groups in total. The molecule has 0 aliphatic carbocycles. The van der Waals surface area contributed by atoms with Crippen LogP contribution in [0.3, 0.4) is 0 Å². The Morgan fingerprint density at radius 1 is 1.21 bits per heavy atom. The van der Waals surface area contributed by atoms with Crippen molar-refractivity contribution < 1.29 is 14.0 Å². The molecule has 0 aliphatic heterocycles. The van der Waals surface area contributed by atoms with Gasteiger partial charge in [-0.25, -0.2) is 0 Å². The lowest BCUT2D eigenvalue weighted by Gasteiger charge is -1.99. The molecule has 2 aromatic rings. The lowest BCUT2D eigenvalue weighted by Crippen LogP contribution is -2.23. The molecule has 1 aromatic heterocycles. The molecule has 0 saturated heterocycles. The van der Waals surface area contributed by atoms with Crippen molar-refractivity contribution in [1.29, 1.82) is 0 Å². The Kier molecular flexibility index (Phi) is 3.92. The zero-order valence-corrected chi connectivity index (χ0v) is 10.3. The average Bonchev–Trinajstić information content (AvgIpc) is 2.88. The van der Waals surface area contributed by atoms with Crippen molar-refractivity contribution in [3.63, 3.8) is 0 Å². The normalized spacial score (nSPS) is 9.95. The summed E-state index contributed by atoms with van der Waals surface area (Å²) in [6.07, 6.45) is 1.20. The molecule has 0 atom stereocenters. The number of hydrogen-bond acceptors (Lipinski definition) is 4. The highest BCUT2D eigenvalue weighted by Gasteiger charge is 2.13. The first-order chi connectivity index (χ1) is 9.20. The Balaban J connectivity index is 2.04. The highest BCUT2D eigenvalue weighted by atomic mass is 16.4. The molecule has 0 unspecified atom stereocenters. The van der Waals surface area contributed by atoms with Gasteiger partial charge in [0, 0.05) is 12.1 Å². The molecule has 1 aromatic carbocycles. The molecule has 0 radical (unpaired) electrons. The van der Waals surface area contributed by atoms with Gasteiger partial charge >= 0.3 is 6.01 Å². The van der Waals surface area contributed by atoms with Crippen LogP contribution in [0, 0.1) is 0 Å². The van der Waals surface area contributed by atoms with E-state index in [0.29, 0.717) is 12.1 Å². The first kappa shape index (κ1) is 12.8. The zero-order valence-electron chi connectivity index (χ0n) is 10.3. The second-order valence-electron chi connectivity index (χ2n) is 3.72. The van der Waals surface area contributed by atoms with E-state index in [0.717, 1.165) is 0 Å². The maximum Gasteiger partial charge on any atom is 0.302 e. The molecule has 98 valence electrons. The number of carbonyl (C=O) groups excluding carboxylic acids is 2. The van der Waals surface area contributed by atoms with Crippen LogP contribution in [0.15, 0.2) is 41.0 Å². The third-order valence-electron chi connectivity index (χ3n) is 2.33. The molecule has 2 rings (SSSR count). The second kappa shape index (κ2) is 5.81. The van der Waals surface area contributed by atoms with Gasteiger partial charge in [-0.2, -0.15) is 4.98 Å². The predicted octanol–water partition coefficient (Wildman–Crippen LogP) is 1.68. The van der Waals surface area contributed by atoms with E-state index in [1.165, 1.54) is 6.26 Å². The van der Waals surface area contributed by atoms with Crippen LogP contribution in [0.25, 0.3) is 0 Å². The van der Waals surface area contributed by atoms with Crippen molar-refractivity contribution >= 4 is 17.8 Å². The van der Waals surface area contributed by atoms with Gasteiger partial charge in [0.1, 0.15) is 6.26 Å². The molecule has 2 amide bonds. The summed E-state index contributed by atoms with van der Waals surface area (Å²) >= 11 is 0. The fraction of sp³-hybridized carbons (Fsp3) is 0.154. The monoisotopic (exact) mass is 259 g/mol. The highest BCUT2D eigenvalue weighted by molar-refractivity contribution is 6.03. The van der Waals surface area contributed by atoms with E-state index in [9.17, 15) is 9.59 Å². The van der Waals surface area contributed by atoms with Crippen molar-refractivity contribution in [3.8, 4) is 0 Å². The van der Waals surface area contributed by atoms with Gasteiger partial charge < -0.3 is 9.73 Å². The van der Waals surface area contributed by atoms with Crippen LogP contribution >= 0.6 is 0 Å². The zero-order chi connectivity index (χ0) is 13.7. The smallest absolute Gasteiger partial charge is 0.302 e. The summed E-state index contributed by atoms with van der Waals surface area (Å²) in [6, 6.07) is 8.66. The van der Waals surface area contributed by atoms with Gasteiger partial charge in [-0.05, 0) is 19.1 Å². The van der Waals surface area contributed by atoms with E-state index in [-0.39, 0.29) is 23.5 Å². The number of amides is 2. The average molecular weight is 259 g/mol. The van der Waals surface area contributed by atoms with Gasteiger partial charge in [-0.3, -0.25) is 14.9 Å². The van der Waals surface area contributed by atoms with Crippen LogP contribution in [0.1, 0.15) is 27.8 Å². The van der Waals surface area contributed by atoms with Crippen LogP contribution in [-0.2, 0) is 0 Å².